The number of aliphatic hydroxyl groups is 1. The van der Waals surface area contributed by atoms with E-state index in [0.29, 0.717) is 17.2 Å². The number of imidazole rings is 1. The van der Waals surface area contributed by atoms with Crippen LogP contribution in [-0.4, -0.2) is 30.5 Å². The molecule has 2 N–H and O–H groups in total. The Bertz CT molecular complexity index is 1150. The Kier molecular flexibility index (Phi) is 5.13. The molecule has 3 aromatic heterocycles. The molecule has 1 aromatic carbocycles. The lowest BCUT2D eigenvalue weighted by Crippen LogP contribution is -2.15. The number of hydrogen-bond acceptors (Lipinski definition) is 5. The second-order valence-corrected chi connectivity index (χ2v) is 6.55. The van der Waals surface area contributed by atoms with Crippen LogP contribution in [0.4, 0.5) is 5.82 Å². The Morgan fingerprint density at radius 2 is 1.90 bits per heavy atom. The Morgan fingerprint density at radius 3 is 2.62 bits per heavy atom. The van der Waals surface area contributed by atoms with Gasteiger partial charge in [0.25, 0.3) is 5.91 Å². The van der Waals surface area contributed by atoms with Crippen molar-refractivity contribution in [2.45, 2.75) is 13.5 Å². The molecule has 0 aliphatic rings. The highest BCUT2D eigenvalue weighted by molar-refractivity contribution is 6.03. The van der Waals surface area contributed by atoms with Gasteiger partial charge in [0.1, 0.15) is 23.7 Å². The quantitative estimate of drug-likeness (QED) is 0.549. The van der Waals surface area contributed by atoms with E-state index in [4.69, 9.17) is 0 Å². The summed E-state index contributed by atoms with van der Waals surface area (Å²) in [5.74, 6) is 0.506. The molecule has 0 radical (unpaired) electrons. The number of benzene rings is 1. The van der Waals surface area contributed by atoms with Crippen LogP contribution in [0.3, 0.4) is 0 Å². The van der Waals surface area contributed by atoms with Crippen LogP contribution in [0, 0.1) is 6.92 Å². The average Bonchev–Trinajstić information content (AvgIpc) is 3.20. The lowest BCUT2D eigenvalue weighted by molar-refractivity contribution is 0.102. The van der Waals surface area contributed by atoms with Crippen LogP contribution in [0.25, 0.3) is 16.9 Å². The van der Waals surface area contributed by atoms with Gasteiger partial charge in [-0.3, -0.25) is 14.3 Å². The average molecular weight is 385 g/mol. The molecule has 3 heterocycles. The minimum Gasteiger partial charge on any atom is -0.392 e. The second kappa shape index (κ2) is 8.04. The smallest absolute Gasteiger partial charge is 0.275 e. The van der Waals surface area contributed by atoms with E-state index in [1.165, 1.54) is 0 Å². The van der Waals surface area contributed by atoms with E-state index in [-0.39, 0.29) is 18.2 Å². The summed E-state index contributed by atoms with van der Waals surface area (Å²) >= 11 is 0. The van der Waals surface area contributed by atoms with E-state index < -0.39 is 0 Å². The van der Waals surface area contributed by atoms with Gasteiger partial charge in [0.2, 0.25) is 0 Å². The summed E-state index contributed by atoms with van der Waals surface area (Å²) in [6, 6.07) is 16.7. The molecular formula is C22H19N5O2. The molecule has 0 aliphatic carbocycles. The van der Waals surface area contributed by atoms with E-state index in [2.05, 4.69) is 20.3 Å². The van der Waals surface area contributed by atoms with Crippen molar-refractivity contribution in [1.82, 2.24) is 19.5 Å². The number of aryl methyl sites for hydroxylation is 1. The topological polar surface area (TPSA) is 92.9 Å². The Hall–Kier alpha value is -3.84. The van der Waals surface area contributed by atoms with Crippen molar-refractivity contribution in [3.8, 4) is 16.9 Å². The van der Waals surface area contributed by atoms with Gasteiger partial charge in [-0.25, -0.2) is 9.97 Å². The molecule has 0 atom stereocenters. The summed E-state index contributed by atoms with van der Waals surface area (Å²) in [6.07, 6.45) is 5.06. The first-order chi connectivity index (χ1) is 14.1. The van der Waals surface area contributed by atoms with Crippen molar-refractivity contribution < 1.29 is 9.90 Å². The van der Waals surface area contributed by atoms with Gasteiger partial charge in [0.15, 0.2) is 0 Å². The van der Waals surface area contributed by atoms with Gasteiger partial charge >= 0.3 is 0 Å². The van der Waals surface area contributed by atoms with Crippen LogP contribution in [0.1, 0.15) is 21.7 Å². The number of aliphatic hydroxyl groups excluding tert-OH is 1. The molecule has 7 heteroatoms. The third-order valence-corrected chi connectivity index (χ3v) is 4.37. The fourth-order valence-corrected chi connectivity index (χ4v) is 2.95. The summed E-state index contributed by atoms with van der Waals surface area (Å²) in [4.78, 5) is 25.6. The minimum atomic E-state index is -0.377. The van der Waals surface area contributed by atoms with Gasteiger partial charge in [-0.05, 0) is 47.9 Å². The molecule has 29 heavy (non-hydrogen) atoms. The lowest BCUT2D eigenvalue weighted by Gasteiger charge is -2.10. The maximum absolute atomic E-state index is 12.8. The van der Waals surface area contributed by atoms with Crippen molar-refractivity contribution in [3.63, 3.8) is 0 Å². The maximum atomic E-state index is 12.8. The van der Waals surface area contributed by atoms with Gasteiger partial charge in [-0.15, -0.1) is 0 Å². The molecule has 0 bridgehead atoms. The first-order valence-electron chi connectivity index (χ1n) is 9.08. The molecule has 4 aromatic rings. The molecule has 0 saturated heterocycles. The van der Waals surface area contributed by atoms with E-state index >= 15 is 0 Å². The van der Waals surface area contributed by atoms with Crippen LogP contribution in [0.5, 0.6) is 0 Å². The van der Waals surface area contributed by atoms with Crippen molar-refractivity contribution in [3.05, 3.63) is 90.3 Å². The molecular weight excluding hydrogens is 366 g/mol. The van der Waals surface area contributed by atoms with Gasteiger partial charge < -0.3 is 10.4 Å². The number of amides is 1. The first kappa shape index (κ1) is 18.5. The number of pyridine rings is 2. The van der Waals surface area contributed by atoms with Crippen molar-refractivity contribution in [2.75, 3.05) is 5.32 Å². The van der Waals surface area contributed by atoms with Crippen LogP contribution >= 0.6 is 0 Å². The monoisotopic (exact) mass is 385 g/mol. The second-order valence-electron chi connectivity index (χ2n) is 6.55. The maximum Gasteiger partial charge on any atom is 0.275 e. The highest BCUT2D eigenvalue weighted by Gasteiger charge is 2.12. The SMILES string of the molecule is Cc1cn(-c2cc(CO)cc(NC(=O)c3cc(-c4ccccc4)ccn3)n2)cn1. The number of carbonyl (C=O) groups is 1. The lowest BCUT2D eigenvalue weighted by atomic mass is 10.1. The zero-order valence-electron chi connectivity index (χ0n) is 15.8. The molecule has 0 saturated carbocycles. The number of nitrogens with zero attached hydrogens (tertiary/aromatic N) is 4. The first-order valence-corrected chi connectivity index (χ1v) is 9.08. The molecule has 0 spiro atoms. The zero-order chi connectivity index (χ0) is 20.2. The van der Waals surface area contributed by atoms with Crippen LogP contribution < -0.4 is 5.32 Å². The van der Waals surface area contributed by atoms with Gasteiger partial charge in [-0.2, -0.15) is 0 Å². The Morgan fingerprint density at radius 1 is 1.07 bits per heavy atom. The van der Waals surface area contributed by atoms with Gasteiger partial charge in [0.05, 0.1) is 12.3 Å². The van der Waals surface area contributed by atoms with Crippen molar-refractivity contribution >= 4 is 11.7 Å². The number of carbonyl (C=O) groups excluding carboxylic acids is 1. The predicted molar refractivity (Wildman–Crippen MR) is 110 cm³/mol. The molecule has 4 rings (SSSR count). The number of aromatic nitrogens is 4. The van der Waals surface area contributed by atoms with E-state index in [1.54, 1.807) is 35.3 Å². The molecule has 1 amide bonds. The molecule has 0 fully saturated rings. The Balaban J connectivity index is 1.62. The summed E-state index contributed by atoms with van der Waals surface area (Å²) in [7, 11) is 0. The predicted octanol–water partition coefficient (Wildman–Crippen LogP) is 3.38. The third kappa shape index (κ3) is 4.20. The van der Waals surface area contributed by atoms with Gasteiger partial charge in [-0.1, -0.05) is 30.3 Å². The minimum absolute atomic E-state index is 0.173. The molecule has 7 nitrogen and oxygen atoms in total. The summed E-state index contributed by atoms with van der Waals surface area (Å²) in [5.41, 5.74) is 3.65. The van der Waals surface area contributed by atoms with Crippen molar-refractivity contribution in [1.29, 1.82) is 0 Å². The molecule has 144 valence electrons. The summed E-state index contributed by atoms with van der Waals surface area (Å²) < 4.78 is 1.73. The molecule has 0 aliphatic heterocycles. The van der Waals surface area contributed by atoms with E-state index in [0.717, 1.165) is 16.8 Å². The highest BCUT2D eigenvalue weighted by atomic mass is 16.3. The van der Waals surface area contributed by atoms with Gasteiger partial charge in [0, 0.05) is 12.4 Å². The number of hydrogen-bond donors (Lipinski definition) is 2. The summed E-state index contributed by atoms with van der Waals surface area (Å²) in [5, 5.41) is 12.3. The normalized spacial score (nSPS) is 10.7. The highest BCUT2D eigenvalue weighted by Crippen LogP contribution is 2.20. The fourth-order valence-electron chi connectivity index (χ4n) is 2.95. The van der Waals surface area contributed by atoms with E-state index in [1.807, 2.05) is 49.5 Å². The number of anilines is 1. The van der Waals surface area contributed by atoms with Crippen LogP contribution in [-0.2, 0) is 6.61 Å². The largest absolute Gasteiger partial charge is 0.392 e. The number of rotatable bonds is 5. The zero-order valence-corrected chi connectivity index (χ0v) is 15.8. The summed E-state index contributed by atoms with van der Waals surface area (Å²) in [6.45, 7) is 1.70. The van der Waals surface area contributed by atoms with Crippen LogP contribution in [0.2, 0.25) is 0 Å². The standard InChI is InChI=1S/C22H19N5O2/c1-15-12-27(14-24-15)21-10-16(13-28)9-20(25-21)26-22(29)19-11-18(7-8-23-19)17-5-3-2-4-6-17/h2-12,14,28H,13H2,1H3,(H,25,26,29). The third-order valence-electron chi connectivity index (χ3n) is 4.37. The fraction of sp³-hybridized carbons (Fsp3) is 0.0909. The van der Waals surface area contributed by atoms with E-state index in [9.17, 15) is 9.90 Å². The Labute approximate surface area is 167 Å². The van der Waals surface area contributed by atoms with Crippen LogP contribution in [0.15, 0.2) is 73.3 Å². The number of nitrogens with one attached hydrogen (secondary N) is 1. The van der Waals surface area contributed by atoms with Crippen molar-refractivity contribution in [2.24, 2.45) is 0 Å². The molecule has 0 unspecified atom stereocenters.